The highest BCUT2D eigenvalue weighted by Gasteiger charge is 2.27. The van der Waals surface area contributed by atoms with Crippen molar-refractivity contribution in [2.45, 2.75) is 38.5 Å². The van der Waals surface area contributed by atoms with Crippen LogP contribution < -0.4 is 4.90 Å². The quantitative estimate of drug-likeness (QED) is 0.856. The van der Waals surface area contributed by atoms with Crippen LogP contribution in [0.4, 0.5) is 5.82 Å². The van der Waals surface area contributed by atoms with E-state index in [4.69, 9.17) is 21.4 Å². The first-order valence-electron chi connectivity index (χ1n) is 7.72. The van der Waals surface area contributed by atoms with E-state index in [0.29, 0.717) is 22.3 Å². The van der Waals surface area contributed by atoms with E-state index in [2.05, 4.69) is 20.0 Å². The lowest BCUT2D eigenvalue weighted by Crippen LogP contribution is -2.35. The maximum atomic E-state index is 8.91. The minimum Gasteiger partial charge on any atom is -0.355 e. The first-order valence-corrected chi connectivity index (χ1v) is 8.10. The Labute approximate surface area is 140 Å². The molecular weight excluding hydrogens is 314 g/mol. The van der Waals surface area contributed by atoms with Crippen LogP contribution in [-0.2, 0) is 0 Å². The molecule has 0 saturated carbocycles. The second kappa shape index (κ2) is 6.55. The summed E-state index contributed by atoms with van der Waals surface area (Å²) in [6.45, 7) is 5.69. The summed E-state index contributed by atoms with van der Waals surface area (Å²) in [5.74, 6) is 2.57. The number of hydrogen-bond donors (Lipinski definition) is 0. The lowest BCUT2D eigenvalue weighted by molar-refractivity contribution is 0.354. The molecular formula is C16H18ClN5O. The van der Waals surface area contributed by atoms with Gasteiger partial charge in [-0.05, 0) is 18.9 Å². The Kier molecular flexibility index (Phi) is 4.49. The fraction of sp³-hybridized carbons (Fsp3) is 0.500. The molecule has 0 spiro atoms. The van der Waals surface area contributed by atoms with Gasteiger partial charge in [-0.1, -0.05) is 30.6 Å². The Hall–Kier alpha value is -2.13. The van der Waals surface area contributed by atoms with E-state index in [-0.39, 0.29) is 11.8 Å². The van der Waals surface area contributed by atoms with Crippen molar-refractivity contribution in [3.63, 3.8) is 0 Å². The van der Waals surface area contributed by atoms with Crippen LogP contribution in [0.5, 0.6) is 0 Å². The third-order valence-electron chi connectivity index (χ3n) is 3.99. The minimum atomic E-state index is 0.202. The fourth-order valence-corrected chi connectivity index (χ4v) is 3.04. The van der Waals surface area contributed by atoms with Crippen LogP contribution >= 0.6 is 11.6 Å². The van der Waals surface area contributed by atoms with E-state index in [1.165, 1.54) is 0 Å². The van der Waals surface area contributed by atoms with Crippen molar-refractivity contribution < 1.29 is 4.52 Å². The molecule has 0 aromatic carbocycles. The number of hydrogen-bond acceptors (Lipinski definition) is 6. The SMILES string of the molecule is CC(C)c1nc([C@H]2CCCN(c3ncc(C#N)cc3Cl)C2)no1. The monoisotopic (exact) mass is 331 g/mol. The van der Waals surface area contributed by atoms with E-state index >= 15 is 0 Å². The van der Waals surface area contributed by atoms with E-state index in [0.717, 1.165) is 31.8 Å². The largest absolute Gasteiger partial charge is 0.355 e. The molecule has 3 heterocycles. The predicted octanol–water partition coefficient (Wildman–Crippen LogP) is 3.50. The summed E-state index contributed by atoms with van der Waals surface area (Å²) in [6, 6.07) is 3.70. The van der Waals surface area contributed by atoms with Gasteiger partial charge < -0.3 is 9.42 Å². The van der Waals surface area contributed by atoms with Crippen molar-refractivity contribution in [1.29, 1.82) is 5.26 Å². The maximum Gasteiger partial charge on any atom is 0.229 e. The summed E-state index contributed by atoms with van der Waals surface area (Å²) in [5, 5.41) is 13.5. The zero-order chi connectivity index (χ0) is 16.4. The summed E-state index contributed by atoms with van der Waals surface area (Å²) in [7, 11) is 0. The Morgan fingerprint density at radius 3 is 2.96 bits per heavy atom. The number of nitrogens with zero attached hydrogens (tertiary/aromatic N) is 5. The molecule has 1 aliphatic rings. The molecule has 0 amide bonds. The van der Waals surface area contributed by atoms with E-state index in [1.807, 2.05) is 19.9 Å². The van der Waals surface area contributed by atoms with Gasteiger partial charge >= 0.3 is 0 Å². The minimum absolute atomic E-state index is 0.202. The van der Waals surface area contributed by atoms with Gasteiger partial charge in [-0.25, -0.2) is 4.98 Å². The molecule has 23 heavy (non-hydrogen) atoms. The Morgan fingerprint density at radius 2 is 2.30 bits per heavy atom. The van der Waals surface area contributed by atoms with Gasteiger partial charge in [0.25, 0.3) is 0 Å². The molecule has 2 aromatic heterocycles. The molecule has 1 saturated heterocycles. The molecule has 1 fully saturated rings. The second-order valence-corrected chi connectivity index (χ2v) is 6.48. The highest BCUT2D eigenvalue weighted by Crippen LogP contribution is 2.32. The van der Waals surface area contributed by atoms with Crippen LogP contribution in [0.1, 0.15) is 55.8 Å². The zero-order valence-electron chi connectivity index (χ0n) is 13.2. The molecule has 0 bridgehead atoms. The molecule has 6 nitrogen and oxygen atoms in total. The molecule has 1 atom stereocenters. The van der Waals surface area contributed by atoms with Crippen LogP contribution in [0, 0.1) is 11.3 Å². The smallest absolute Gasteiger partial charge is 0.229 e. The topological polar surface area (TPSA) is 78.8 Å². The number of rotatable bonds is 3. The number of aromatic nitrogens is 3. The van der Waals surface area contributed by atoms with E-state index < -0.39 is 0 Å². The van der Waals surface area contributed by atoms with E-state index in [1.54, 1.807) is 12.3 Å². The molecule has 0 unspecified atom stereocenters. The molecule has 1 aliphatic heterocycles. The average Bonchev–Trinajstić information content (AvgIpc) is 3.05. The summed E-state index contributed by atoms with van der Waals surface area (Å²) in [6.07, 6.45) is 3.58. The van der Waals surface area contributed by atoms with Gasteiger partial charge in [-0.3, -0.25) is 0 Å². The number of anilines is 1. The summed E-state index contributed by atoms with van der Waals surface area (Å²) >= 11 is 6.28. The lowest BCUT2D eigenvalue weighted by atomic mass is 9.97. The highest BCUT2D eigenvalue weighted by atomic mass is 35.5. The Balaban J connectivity index is 1.79. The Bertz CT molecular complexity index is 736. The summed E-state index contributed by atoms with van der Waals surface area (Å²) < 4.78 is 5.32. The molecule has 7 heteroatoms. The van der Waals surface area contributed by atoms with Crippen LogP contribution in [-0.4, -0.2) is 28.2 Å². The van der Waals surface area contributed by atoms with Crippen LogP contribution in [0.2, 0.25) is 5.02 Å². The molecule has 0 radical (unpaired) electrons. The summed E-state index contributed by atoms with van der Waals surface area (Å²) in [5.41, 5.74) is 0.465. The van der Waals surface area contributed by atoms with Gasteiger partial charge in [0.15, 0.2) is 5.82 Å². The molecule has 2 aromatic rings. The van der Waals surface area contributed by atoms with Crippen molar-refractivity contribution in [3.05, 3.63) is 34.6 Å². The van der Waals surface area contributed by atoms with Crippen LogP contribution in [0.15, 0.2) is 16.8 Å². The maximum absolute atomic E-state index is 8.91. The number of nitriles is 1. The number of piperidine rings is 1. The highest BCUT2D eigenvalue weighted by molar-refractivity contribution is 6.33. The molecule has 0 aliphatic carbocycles. The first kappa shape index (κ1) is 15.8. The van der Waals surface area contributed by atoms with Crippen molar-refractivity contribution in [1.82, 2.24) is 15.1 Å². The van der Waals surface area contributed by atoms with Crippen molar-refractivity contribution >= 4 is 17.4 Å². The van der Waals surface area contributed by atoms with Crippen LogP contribution in [0.25, 0.3) is 0 Å². The molecule has 3 rings (SSSR count). The molecule has 0 N–H and O–H groups in total. The Morgan fingerprint density at radius 1 is 1.48 bits per heavy atom. The third kappa shape index (κ3) is 3.30. The number of pyridine rings is 1. The average molecular weight is 332 g/mol. The molecule has 120 valence electrons. The van der Waals surface area contributed by atoms with Gasteiger partial charge in [0, 0.05) is 31.1 Å². The number of halogens is 1. The standard InChI is InChI=1S/C16H18ClN5O/c1-10(2)16-20-14(21-23-16)12-4-3-5-22(9-12)15-13(17)6-11(7-18)8-19-15/h6,8,10,12H,3-5,9H2,1-2H3/t12-/m0/s1. The van der Waals surface area contributed by atoms with Crippen LogP contribution in [0.3, 0.4) is 0 Å². The van der Waals surface area contributed by atoms with Crippen molar-refractivity contribution in [2.75, 3.05) is 18.0 Å². The predicted molar refractivity (Wildman–Crippen MR) is 86.5 cm³/mol. The first-order chi connectivity index (χ1) is 11.1. The van der Waals surface area contributed by atoms with Gasteiger partial charge in [0.2, 0.25) is 5.89 Å². The van der Waals surface area contributed by atoms with E-state index in [9.17, 15) is 0 Å². The van der Waals surface area contributed by atoms with Crippen molar-refractivity contribution in [2.24, 2.45) is 0 Å². The second-order valence-electron chi connectivity index (χ2n) is 6.07. The van der Waals surface area contributed by atoms with Crippen molar-refractivity contribution in [3.8, 4) is 6.07 Å². The van der Waals surface area contributed by atoms with Gasteiger partial charge in [0.1, 0.15) is 11.9 Å². The third-order valence-corrected chi connectivity index (χ3v) is 4.27. The summed E-state index contributed by atoms with van der Waals surface area (Å²) in [4.78, 5) is 11.0. The van der Waals surface area contributed by atoms with Gasteiger partial charge in [-0.15, -0.1) is 0 Å². The van der Waals surface area contributed by atoms with Gasteiger partial charge in [0.05, 0.1) is 10.6 Å². The normalized spacial score (nSPS) is 18.2. The zero-order valence-corrected chi connectivity index (χ0v) is 13.9. The fourth-order valence-electron chi connectivity index (χ4n) is 2.75. The lowest BCUT2D eigenvalue weighted by Gasteiger charge is -2.32. The van der Waals surface area contributed by atoms with Gasteiger partial charge in [-0.2, -0.15) is 10.2 Å².